The molecule has 1 unspecified atom stereocenters. The lowest BCUT2D eigenvalue weighted by atomic mass is 10.0. The summed E-state index contributed by atoms with van der Waals surface area (Å²) in [5.41, 5.74) is 1.89. The molecule has 0 fully saturated rings. The van der Waals surface area contributed by atoms with E-state index >= 15 is 0 Å². The van der Waals surface area contributed by atoms with Crippen molar-refractivity contribution in [2.24, 2.45) is 5.92 Å². The number of rotatable bonds is 8. The van der Waals surface area contributed by atoms with Gasteiger partial charge in [0.1, 0.15) is 12.6 Å². The Bertz CT molecular complexity index is 847. The molecule has 1 atom stereocenters. The van der Waals surface area contributed by atoms with E-state index in [1.807, 2.05) is 74.5 Å². The number of benzene rings is 2. The fourth-order valence-electron chi connectivity index (χ4n) is 2.63. The minimum Gasteiger partial charge on any atom is -0.367 e. The van der Waals surface area contributed by atoms with Crippen LogP contribution in [-0.2, 0) is 16.1 Å². The Balaban J connectivity index is 1.59. The highest BCUT2D eigenvalue weighted by molar-refractivity contribution is 5.77. The number of amides is 1. The van der Waals surface area contributed by atoms with Crippen molar-refractivity contribution >= 4 is 5.91 Å². The van der Waals surface area contributed by atoms with E-state index in [2.05, 4.69) is 15.5 Å². The van der Waals surface area contributed by atoms with Gasteiger partial charge in [-0.05, 0) is 11.5 Å². The first-order valence-corrected chi connectivity index (χ1v) is 8.93. The van der Waals surface area contributed by atoms with Crippen molar-refractivity contribution < 1.29 is 14.1 Å². The molecule has 2 aromatic carbocycles. The average molecular weight is 365 g/mol. The third-order valence-electron chi connectivity index (χ3n) is 4.07. The Morgan fingerprint density at radius 1 is 1.07 bits per heavy atom. The van der Waals surface area contributed by atoms with Crippen LogP contribution in [0.1, 0.15) is 31.3 Å². The molecule has 0 aliphatic carbocycles. The van der Waals surface area contributed by atoms with Gasteiger partial charge in [0.05, 0.1) is 6.61 Å². The zero-order valence-corrected chi connectivity index (χ0v) is 15.5. The van der Waals surface area contributed by atoms with Crippen LogP contribution in [0, 0.1) is 5.92 Å². The second-order valence-corrected chi connectivity index (χ2v) is 6.59. The Kier molecular flexibility index (Phi) is 6.33. The lowest BCUT2D eigenvalue weighted by Crippen LogP contribution is -2.34. The first-order valence-electron chi connectivity index (χ1n) is 8.93. The Morgan fingerprint density at radius 2 is 1.74 bits per heavy atom. The number of hydrogen-bond acceptors (Lipinski definition) is 5. The van der Waals surface area contributed by atoms with Gasteiger partial charge in [-0.15, -0.1) is 0 Å². The van der Waals surface area contributed by atoms with E-state index in [0.29, 0.717) is 18.3 Å². The highest BCUT2D eigenvalue weighted by Crippen LogP contribution is 2.23. The van der Waals surface area contributed by atoms with Gasteiger partial charge in [-0.3, -0.25) is 4.79 Å². The van der Waals surface area contributed by atoms with Crippen LogP contribution in [-0.4, -0.2) is 22.7 Å². The molecule has 140 valence electrons. The van der Waals surface area contributed by atoms with Gasteiger partial charge in [0.15, 0.2) is 0 Å². The van der Waals surface area contributed by atoms with Gasteiger partial charge < -0.3 is 14.6 Å². The first kappa shape index (κ1) is 18.8. The summed E-state index contributed by atoms with van der Waals surface area (Å²) in [6.07, 6.45) is 0. The zero-order valence-electron chi connectivity index (χ0n) is 15.5. The van der Waals surface area contributed by atoms with E-state index < -0.39 is 0 Å². The second-order valence-electron chi connectivity index (χ2n) is 6.59. The van der Waals surface area contributed by atoms with Crippen LogP contribution in [0.3, 0.4) is 0 Å². The summed E-state index contributed by atoms with van der Waals surface area (Å²) in [5, 5.41) is 6.95. The lowest BCUT2D eigenvalue weighted by molar-refractivity contribution is -0.127. The van der Waals surface area contributed by atoms with E-state index in [1.165, 1.54) is 0 Å². The summed E-state index contributed by atoms with van der Waals surface area (Å²) in [5.74, 6) is 0.766. The summed E-state index contributed by atoms with van der Waals surface area (Å²) in [4.78, 5) is 16.7. The molecule has 1 amide bonds. The smallest absolute Gasteiger partial charge is 0.249 e. The molecular formula is C21H23N3O3. The SMILES string of the molecule is CC(C)C(NC(=O)COCc1ccccc1)c1nc(-c2ccccc2)no1. The van der Waals surface area contributed by atoms with Gasteiger partial charge in [-0.2, -0.15) is 4.98 Å². The van der Waals surface area contributed by atoms with E-state index in [-0.39, 0.29) is 24.5 Å². The number of carbonyl (C=O) groups is 1. The predicted octanol–water partition coefficient (Wildman–Crippen LogP) is 3.77. The molecule has 0 saturated carbocycles. The molecular weight excluding hydrogens is 342 g/mol. The van der Waals surface area contributed by atoms with Gasteiger partial charge in [0, 0.05) is 5.56 Å². The minimum atomic E-state index is -0.372. The summed E-state index contributed by atoms with van der Waals surface area (Å²) >= 11 is 0. The molecule has 1 N–H and O–H groups in total. The van der Waals surface area contributed by atoms with Crippen LogP contribution < -0.4 is 5.32 Å². The third-order valence-corrected chi connectivity index (χ3v) is 4.07. The molecule has 3 aromatic rings. The summed E-state index contributed by atoms with van der Waals surface area (Å²) in [7, 11) is 0. The lowest BCUT2D eigenvalue weighted by Gasteiger charge is -2.18. The molecule has 0 aliphatic heterocycles. The molecule has 0 spiro atoms. The highest BCUT2D eigenvalue weighted by Gasteiger charge is 2.24. The van der Waals surface area contributed by atoms with Crippen LogP contribution in [0.25, 0.3) is 11.4 Å². The number of hydrogen-bond donors (Lipinski definition) is 1. The summed E-state index contributed by atoms with van der Waals surface area (Å²) < 4.78 is 10.9. The van der Waals surface area contributed by atoms with Crippen molar-refractivity contribution in [2.45, 2.75) is 26.5 Å². The van der Waals surface area contributed by atoms with Crippen molar-refractivity contribution in [3.05, 3.63) is 72.1 Å². The fourth-order valence-corrected chi connectivity index (χ4v) is 2.63. The molecule has 0 saturated heterocycles. The predicted molar refractivity (Wildman–Crippen MR) is 102 cm³/mol. The third kappa shape index (κ3) is 5.24. The molecule has 0 bridgehead atoms. The van der Waals surface area contributed by atoms with Gasteiger partial charge >= 0.3 is 0 Å². The van der Waals surface area contributed by atoms with Crippen LogP contribution in [0.5, 0.6) is 0 Å². The Morgan fingerprint density at radius 3 is 2.41 bits per heavy atom. The zero-order chi connectivity index (χ0) is 19.1. The van der Waals surface area contributed by atoms with Gasteiger partial charge in [-0.25, -0.2) is 0 Å². The second kappa shape index (κ2) is 9.09. The quantitative estimate of drug-likeness (QED) is 0.657. The number of aromatic nitrogens is 2. The maximum Gasteiger partial charge on any atom is 0.249 e. The van der Waals surface area contributed by atoms with Crippen molar-refractivity contribution in [1.29, 1.82) is 0 Å². The van der Waals surface area contributed by atoms with Crippen LogP contribution in [0.2, 0.25) is 0 Å². The molecule has 3 rings (SSSR count). The van der Waals surface area contributed by atoms with E-state index in [0.717, 1.165) is 11.1 Å². The van der Waals surface area contributed by atoms with Gasteiger partial charge in [0.25, 0.3) is 0 Å². The van der Waals surface area contributed by atoms with Crippen molar-refractivity contribution in [1.82, 2.24) is 15.5 Å². The van der Waals surface area contributed by atoms with E-state index in [9.17, 15) is 4.79 Å². The van der Waals surface area contributed by atoms with Crippen LogP contribution >= 0.6 is 0 Å². The van der Waals surface area contributed by atoms with Crippen molar-refractivity contribution in [3.8, 4) is 11.4 Å². The Labute approximate surface area is 158 Å². The topological polar surface area (TPSA) is 77.2 Å². The number of nitrogens with zero attached hydrogens (tertiary/aromatic N) is 2. The molecule has 1 heterocycles. The minimum absolute atomic E-state index is 0.0300. The number of carbonyl (C=O) groups excluding carboxylic acids is 1. The molecule has 0 aliphatic rings. The van der Waals surface area contributed by atoms with Crippen molar-refractivity contribution in [3.63, 3.8) is 0 Å². The standard InChI is InChI=1S/C21H23N3O3/c1-15(2)19(21-23-20(24-27-21)17-11-7-4-8-12-17)22-18(25)14-26-13-16-9-5-3-6-10-16/h3-12,15,19H,13-14H2,1-2H3,(H,22,25). The number of ether oxygens (including phenoxy) is 1. The molecule has 1 aromatic heterocycles. The molecule has 0 radical (unpaired) electrons. The van der Waals surface area contributed by atoms with Gasteiger partial charge in [-0.1, -0.05) is 79.7 Å². The molecule has 6 nitrogen and oxygen atoms in total. The van der Waals surface area contributed by atoms with E-state index in [1.54, 1.807) is 0 Å². The molecule has 27 heavy (non-hydrogen) atoms. The highest BCUT2D eigenvalue weighted by atomic mass is 16.5. The number of nitrogens with one attached hydrogen (secondary N) is 1. The maximum atomic E-state index is 12.3. The fraction of sp³-hybridized carbons (Fsp3) is 0.286. The normalized spacial score (nSPS) is 12.1. The van der Waals surface area contributed by atoms with Crippen LogP contribution in [0.15, 0.2) is 65.2 Å². The molecule has 6 heteroatoms. The Hall–Kier alpha value is -2.99. The summed E-state index contributed by atoms with van der Waals surface area (Å²) in [6.45, 7) is 4.33. The largest absolute Gasteiger partial charge is 0.367 e. The first-order chi connectivity index (χ1) is 13.1. The average Bonchev–Trinajstić information content (AvgIpc) is 3.17. The van der Waals surface area contributed by atoms with Gasteiger partial charge in [0.2, 0.25) is 17.6 Å². The maximum absolute atomic E-state index is 12.3. The van der Waals surface area contributed by atoms with Crippen molar-refractivity contribution in [2.75, 3.05) is 6.61 Å². The summed E-state index contributed by atoms with van der Waals surface area (Å²) in [6, 6.07) is 18.9. The monoisotopic (exact) mass is 365 g/mol. The van der Waals surface area contributed by atoms with E-state index in [4.69, 9.17) is 9.26 Å². The van der Waals surface area contributed by atoms with Crippen LogP contribution in [0.4, 0.5) is 0 Å².